The summed E-state index contributed by atoms with van der Waals surface area (Å²) in [6.45, 7) is 2.06. The van der Waals surface area contributed by atoms with Crippen LogP contribution in [0.5, 0.6) is 0 Å². The first-order valence-corrected chi connectivity index (χ1v) is 14.7. The summed E-state index contributed by atoms with van der Waals surface area (Å²) in [5, 5.41) is 16.5. The van der Waals surface area contributed by atoms with Gasteiger partial charge in [-0.05, 0) is 36.6 Å². The van der Waals surface area contributed by atoms with Gasteiger partial charge in [0.1, 0.15) is 10.1 Å². The zero-order valence-electron chi connectivity index (χ0n) is 22.0. The Labute approximate surface area is 241 Å². The number of rotatable bonds is 10. The maximum absolute atomic E-state index is 14.8. The number of amides is 2. The minimum Gasteiger partial charge on any atom is -0.354 e. The van der Waals surface area contributed by atoms with Gasteiger partial charge in [0.15, 0.2) is 0 Å². The SMILES string of the molecule is O=C(CCCCCCSC(=S)N1CCN(C(=O)c2cc(Cc3n[nH]c(=O)c4ccccc34)ccc2F)CC1)NO. The number of H-pyrrole nitrogens is 1. The number of benzene rings is 2. The first-order chi connectivity index (χ1) is 19.4. The predicted octanol–water partition coefficient (Wildman–Crippen LogP) is 3.88. The highest BCUT2D eigenvalue weighted by molar-refractivity contribution is 8.22. The fraction of sp³-hybridized carbons (Fsp3) is 0.393. The molecule has 0 unspecified atom stereocenters. The van der Waals surface area contributed by atoms with Crippen molar-refractivity contribution in [1.29, 1.82) is 0 Å². The summed E-state index contributed by atoms with van der Waals surface area (Å²) in [7, 11) is 0. The third kappa shape index (κ3) is 7.64. The van der Waals surface area contributed by atoms with Gasteiger partial charge in [-0.3, -0.25) is 19.6 Å². The van der Waals surface area contributed by atoms with Gasteiger partial charge in [-0.15, -0.1) is 0 Å². The summed E-state index contributed by atoms with van der Waals surface area (Å²) in [5.41, 5.74) is 2.76. The fourth-order valence-corrected chi connectivity index (χ4v) is 5.98. The van der Waals surface area contributed by atoms with Crippen molar-refractivity contribution in [3.8, 4) is 0 Å². The van der Waals surface area contributed by atoms with Crippen molar-refractivity contribution < 1.29 is 19.2 Å². The molecule has 1 fully saturated rings. The van der Waals surface area contributed by atoms with Crippen LogP contribution in [0.15, 0.2) is 47.3 Å². The highest BCUT2D eigenvalue weighted by Crippen LogP contribution is 2.21. The van der Waals surface area contributed by atoms with E-state index in [4.69, 9.17) is 17.4 Å². The van der Waals surface area contributed by atoms with E-state index in [9.17, 15) is 18.8 Å². The van der Waals surface area contributed by atoms with Gasteiger partial charge in [-0.1, -0.05) is 61.1 Å². The van der Waals surface area contributed by atoms with Gasteiger partial charge in [0, 0.05) is 50.2 Å². The number of halogens is 1. The van der Waals surface area contributed by atoms with E-state index in [-0.39, 0.29) is 22.9 Å². The number of hydroxylamine groups is 1. The van der Waals surface area contributed by atoms with Gasteiger partial charge < -0.3 is 9.80 Å². The van der Waals surface area contributed by atoms with E-state index < -0.39 is 5.82 Å². The molecule has 3 N–H and O–H groups in total. The lowest BCUT2D eigenvalue weighted by molar-refractivity contribution is -0.129. The van der Waals surface area contributed by atoms with Gasteiger partial charge in [0.2, 0.25) is 5.91 Å². The molecule has 0 atom stereocenters. The van der Waals surface area contributed by atoms with Crippen molar-refractivity contribution in [2.75, 3.05) is 31.9 Å². The molecule has 1 aliphatic rings. The van der Waals surface area contributed by atoms with Gasteiger partial charge in [0.25, 0.3) is 11.5 Å². The number of hydrogen-bond acceptors (Lipinski definition) is 7. The molecule has 4 rings (SSSR count). The number of fused-ring (bicyclic) bond motifs is 1. The molecule has 212 valence electrons. The number of piperazine rings is 1. The minimum atomic E-state index is -0.571. The van der Waals surface area contributed by atoms with E-state index in [0.29, 0.717) is 50.1 Å². The first kappa shape index (κ1) is 29.6. The largest absolute Gasteiger partial charge is 0.354 e. The Morgan fingerprint density at radius 3 is 2.48 bits per heavy atom. The third-order valence-corrected chi connectivity index (χ3v) is 8.49. The normalized spacial score (nSPS) is 13.4. The second kappa shape index (κ2) is 14.3. The van der Waals surface area contributed by atoms with E-state index >= 15 is 0 Å². The number of nitrogens with one attached hydrogen (secondary N) is 2. The van der Waals surface area contributed by atoms with Crippen LogP contribution in [0.3, 0.4) is 0 Å². The Morgan fingerprint density at radius 1 is 1.02 bits per heavy atom. The zero-order chi connectivity index (χ0) is 28.5. The summed E-state index contributed by atoms with van der Waals surface area (Å²) in [4.78, 5) is 40.1. The number of thioether (sulfide) groups is 1. The molecule has 9 nitrogen and oxygen atoms in total. The Hall–Kier alpha value is -3.35. The lowest BCUT2D eigenvalue weighted by Crippen LogP contribution is -2.49. The molecule has 1 saturated heterocycles. The van der Waals surface area contributed by atoms with Crippen LogP contribution in [0.25, 0.3) is 10.8 Å². The van der Waals surface area contributed by atoms with Gasteiger partial charge in [-0.2, -0.15) is 5.10 Å². The highest BCUT2D eigenvalue weighted by atomic mass is 32.2. The number of unbranched alkanes of at least 4 members (excludes halogenated alkanes) is 3. The van der Waals surface area contributed by atoms with E-state index in [1.165, 1.54) is 6.07 Å². The molecule has 12 heteroatoms. The van der Waals surface area contributed by atoms with Gasteiger partial charge >= 0.3 is 0 Å². The van der Waals surface area contributed by atoms with Crippen molar-refractivity contribution >= 4 is 50.9 Å². The molecule has 0 radical (unpaired) electrons. The first-order valence-electron chi connectivity index (χ1n) is 13.3. The molecule has 2 aromatic carbocycles. The summed E-state index contributed by atoms with van der Waals surface area (Å²) in [6.07, 6.45) is 4.27. The van der Waals surface area contributed by atoms with Gasteiger partial charge in [-0.25, -0.2) is 15.0 Å². The van der Waals surface area contributed by atoms with E-state index in [0.717, 1.165) is 46.7 Å². The van der Waals surface area contributed by atoms with Gasteiger partial charge in [0.05, 0.1) is 16.6 Å². The van der Waals surface area contributed by atoms with Crippen LogP contribution < -0.4 is 11.0 Å². The Morgan fingerprint density at radius 2 is 1.73 bits per heavy atom. The molecule has 1 aliphatic heterocycles. The predicted molar refractivity (Wildman–Crippen MR) is 157 cm³/mol. The second-order valence-electron chi connectivity index (χ2n) is 9.63. The lowest BCUT2D eigenvalue weighted by Gasteiger charge is -2.36. The molecule has 2 heterocycles. The van der Waals surface area contributed by atoms with Crippen LogP contribution in [0.1, 0.15) is 53.7 Å². The lowest BCUT2D eigenvalue weighted by atomic mass is 10.0. The number of thiocarbonyl (C=S) groups is 1. The number of nitrogens with zero attached hydrogens (tertiary/aromatic N) is 3. The number of carbonyl (C=O) groups excluding carboxylic acids is 2. The molecule has 2 amide bonds. The molecule has 1 aromatic heterocycles. The standard InChI is InChI=1S/C28H32FN5O4S2/c29-23-11-10-19(18-24-20-7-4-5-8-21(20)26(36)31-30-24)17-22(23)27(37)33-12-14-34(15-13-33)28(39)40-16-6-2-1-3-9-25(35)32-38/h4-5,7-8,10-11,17,38H,1-3,6,9,12-16,18H2,(H,31,36)(H,32,35). The van der Waals surface area contributed by atoms with Crippen molar-refractivity contribution in [3.63, 3.8) is 0 Å². The molecule has 0 spiro atoms. The van der Waals surface area contributed by atoms with Crippen LogP contribution in [0.2, 0.25) is 0 Å². The Balaban J connectivity index is 1.28. The van der Waals surface area contributed by atoms with Crippen molar-refractivity contribution in [3.05, 3.63) is 75.5 Å². The summed E-state index contributed by atoms with van der Waals surface area (Å²) in [5.74, 6) is -0.410. The van der Waals surface area contributed by atoms with Crippen LogP contribution in [0.4, 0.5) is 4.39 Å². The van der Waals surface area contributed by atoms with Crippen molar-refractivity contribution in [2.24, 2.45) is 0 Å². The zero-order valence-corrected chi connectivity index (χ0v) is 23.7. The maximum atomic E-state index is 14.8. The molecule has 3 aromatic rings. The Kier molecular flexibility index (Phi) is 10.6. The smallest absolute Gasteiger partial charge is 0.272 e. The fourth-order valence-electron chi connectivity index (χ4n) is 4.66. The van der Waals surface area contributed by atoms with Crippen LogP contribution in [-0.4, -0.2) is 73.3 Å². The molecule has 0 bridgehead atoms. The summed E-state index contributed by atoms with van der Waals surface area (Å²) < 4.78 is 15.5. The molecular formula is C28H32FN5O4S2. The van der Waals surface area contributed by atoms with Crippen molar-refractivity contribution in [1.82, 2.24) is 25.5 Å². The van der Waals surface area contributed by atoms with E-state index in [2.05, 4.69) is 15.1 Å². The molecule has 0 aliphatic carbocycles. The average molecular weight is 586 g/mol. The molecule has 40 heavy (non-hydrogen) atoms. The number of hydrogen-bond donors (Lipinski definition) is 3. The van der Waals surface area contributed by atoms with E-state index in [1.54, 1.807) is 46.4 Å². The minimum absolute atomic E-state index is 0.0214. The van der Waals surface area contributed by atoms with E-state index in [1.807, 2.05) is 12.1 Å². The van der Waals surface area contributed by atoms with Crippen molar-refractivity contribution in [2.45, 2.75) is 38.5 Å². The average Bonchev–Trinajstić information content (AvgIpc) is 2.98. The topological polar surface area (TPSA) is 119 Å². The van der Waals surface area contributed by atoms with Crippen LogP contribution in [0, 0.1) is 5.82 Å². The second-order valence-corrected chi connectivity index (χ2v) is 11.4. The maximum Gasteiger partial charge on any atom is 0.272 e. The van der Waals surface area contributed by atoms with Crippen LogP contribution in [-0.2, 0) is 11.2 Å². The third-order valence-electron chi connectivity index (χ3n) is 6.88. The number of carbonyl (C=O) groups is 2. The number of aromatic amines is 1. The molecule has 0 saturated carbocycles. The quantitative estimate of drug-likeness (QED) is 0.142. The Bertz CT molecular complexity index is 1430. The summed E-state index contributed by atoms with van der Waals surface area (Å²) in [6, 6.07) is 11.7. The number of aromatic nitrogens is 2. The molecular weight excluding hydrogens is 553 g/mol. The van der Waals surface area contributed by atoms with Crippen LogP contribution >= 0.6 is 24.0 Å². The summed E-state index contributed by atoms with van der Waals surface area (Å²) >= 11 is 7.19. The highest BCUT2D eigenvalue weighted by Gasteiger charge is 2.25. The monoisotopic (exact) mass is 585 g/mol.